The summed E-state index contributed by atoms with van der Waals surface area (Å²) in [6.45, 7) is 0. The molecule has 1 aliphatic carbocycles. The average Bonchev–Trinajstić information content (AvgIpc) is 2.68. The van der Waals surface area contributed by atoms with Crippen molar-refractivity contribution in [1.29, 1.82) is 0 Å². The van der Waals surface area contributed by atoms with Crippen LogP contribution in [0, 0.1) is 0 Å². The number of hydrogen-bond donors (Lipinski definition) is 3. The smallest absolute Gasteiger partial charge is 0.416 e. The van der Waals surface area contributed by atoms with E-state index in [1.165, 1.54) is 12.3 Å². The second-order valence-electron chi connectivity index (χ2n) is 7.21. The van der Waals surface area contributed by atoms with Crippen LogP contribution in [0.15, 0.2) is 36.7 Å². The van der Waals surface area contributed by atoms with E-state index in [0.717, 1.165) is 25.3 Å². The fourth-order valence-electron chi connectivity index (χ4n) is 3.70. The number of halogens is 3. The molecule has 0 aliphatic heterocycles. The largest absolute Gasteiger partial charge is 0.507 e. The molecule has 1 aromatic carbocycles. The Balaban J connectivity index is 1.74. The lowest BCUT2D eigenvalue weighted by Gasteiger charge is -2.27. The molecule has 9 heteroatoms. The van der Waals surface area contributed by atoms with Gasteiger partial charge in [0.2, 0.25) is 0 Å². The van der Waals surface area contributed by atoms with Crippen molar-refractivity contribution in [1.82, 2.24) is 15.2 Å². The summed E-state index contributed by atoms with van der Waals surface area (Å²) in [5, 5.41) is 33.0. The number of aliphatic hydroxyl groups excluding tert-OH is 1. The van der Waals surface area contributed by atoms with E-state index in [4.69, 9.17) is 0 Å². The molecule has 6 nitrogen and oxygen atoms in total. The van der Waals surface area contributed by atoms with Crippen LogP contribution in [0.4, 0.5) is 19.0 Å². The van der Waals surface area contributed by atoms with Crippen LogP contribution in [0.2, 0.25) is 0 Å². The molecule has 2 atom stereocenters. The molecular weight excluding hydrogens is 385 g/mol. The molecule has 0 radical (unpaired) electrons. The number of phenols is 1. The molecule has 0 amide bonds. The lowest BCUT2D eigenvalue weighted by molar-refractivity contribution is -0.137. The molecule has 3 N–H and O–H groups in total. The van der Waals surface area contributed by atoms with Crippen LogP contribution in [0.25, 0.3) is 22.0 Å². The van der Waals surface area contributed by atoms with Crippen molar-refractivity contribution in [2.45, 2.75) is 44.0 Å². The van der Waals surface area contributed by atoms with Crippen LogP contribution < -0.4 is 5.32 Å². The van der Waals surface area contributed by atoms with Gasteiger partial charge < -0.3 is 15.5 Å². The molecule has 1 saturated carbocycles. The third kappa shape index (κ3) is 3.95. The lowest BCUT2D eigenvalue weighted by atomic mass is 9.93. The number of hydrogen-bond acceptors (Lipinski definition) is 6. The Bertz CT molecular complexity index is 1040. The number of benzene rings is 1. The molecule has 1 aliphatic rings. The first-order valence-corrected chi connectivity index (χ1v) is 9.28. The van der Waals surface area contributed by atoms with Gasteiger partial charge in [0.25, 0.3) is 0 Å². The number of phenolic OH excluding ortho intramolecular Hbond substituents is 1. The Labute approximate surface area is 164 Å². The number of aromatic hydroxyl groups is 1. The topological polar surface area (TPSA) is 91.2 Å². The molecule has 0 saturated heterocycles. The van der Waals surface area contributed by atoms with Gasteiger partial charge >= 0.3 is 6.18 Å². The van der Waals surface area contributed by atoms with Gasteiger partial charge in [-0.25, -0.2) is 0 Å². The van der Waals surface area contributed by atoms with Gasteiger partial charge in [0.1, 0.15) is 11.4 Å². The van der Waals surface area contributed by atoms with Gasteiger partial charge in [0, 0.05) is 34.8 Å². The zero-order chi connectivity index (χ0) is 20.6. The number of aliphatic hydroxyl groups is 1. The number of anilines is 1. The molecule has 29 heavy (non-hydrogen) atoms. The van der Waals surface area contributed by atoms with Gasteiger partial charge in [-0.1, -0.05) is 0 Å². The SMILES string of the molecule is Oc1cc(C(F)(F)F)ccc1-c1nnc(N[C@H]2CCC[C@H](O)C2)c2ccncc12. The number of nitrogens with zero attached hydrogens (tertiary/aromatic N) is 3. The average molecular weight is 404 g/mol. The third-order valence-electron chi connectivity index (χ3n) is 5.15. The second-order valence-corrected chi connectivity index (χ2v) is 7.21. The highest BCUT2D eigenvalue weighted by Crippen LogP contribution is 2.38. The summed E-state index contributed by atoms with van der Waals surface area (Å²) in [6.07, 6.45) is 1.40. The van der Waals surface area contributed by atoms with E-state index in [0.29, 0.717) is 29.1 Å². The summed E-state index contributed by atoms with van der Waals surface area (Å²) in [4.78, 5) is 4.09. The Kier molecular flexibility index (Phi) is 4.99. The van der Waals surface area contributed by atoms with Gasteiger partial charge in [-0.05, 0) is 49.9 Å². The first-order valence-electron chi connectivity index (χ1n) is 9.28. The van der Waals surface area contributed by atoms with Crippen molar-refractivity contribution >= 4 is 16.6 Å². The summed E-state index contributed by atoms with van der Waals surface area (Å²) in [5.74, 6) is -0.0213. The number of rotatable bonds is 3. The van der Waals surface area contributed by atoms with Crippen LogP contribution in [-0.4, -0.2) is 37.5 Å². The van der Waals surface area contributed by atoms with Gasteiger partial charge in [0.05, 0.1) is 11.7 Å². The molecule has 3 aromatic rings. The van der Waals surface area contributed by atoms with Crippen molar-refractivity contribution in [2.75, 3.05) is 5.32 Å². The molecule has 4 rings (SSSR count). The summed E-state index contributed by atoms with van der Waals surface area (Å²) in [5.41, 5.74) is -0.556. The fourth-order valence-corrected chi connectivity index (χ4v) is 3.70. The number of fused-ring (bicyclic) bond motifs is 1. The molecule has 0 bridgehead atoms. The number of aromatic nitrogens is 3. The summed E-state index contributed by atoms with van der Waals surface area (Å²) < 4.78 is 38.6. The number of pyridine rings is 1. The molecule has 2 aromatic heterocycles. The number of nitrogens with one attached hydrogen (secondary N) is 1. The van der Waals surface area contributed by atoms with E-state index in [9.17, 15) is 23.4 Å². The summed E-state index contributed by atoms with van der Waals surface area (Å²) in [6, 6.07) is 4.54. The summed E-state index contributed by atoms with van der Waals surface area (Å²) >= 11 is 0. The minimum atomic E-state index is -4.55. The molecular formula is C20H19F3N4O2. The molecule has 152 valence electrons. The molecule has 2 heterocycles. The first-order chi connectivity index (χ1) is 13.8. The predicted octanol–water partition coefficient (Wildman–Crippen LogP) is 4.13. The minimum Gasteiger partial charge on any atom is -0.507 e. The van der Waals surface area contributed by atoms with E-state index in [2.05, 4.69) is 20.5 Å². The zero-order valence-corrected chi connectivity index (χ0v) is 15.3. The predicted molar refractivity (Wildman–Crippen MR) is 101 cm³/mol. The van der Waals surface area contributed by atoms with Crippen molar-refractivity contribution in [3.8, 4) is 17.0 Å². The highest BCUT2D eigenvalue weighted by molar-refractivity contribution is 6.00. The van der Waals surface area contributed by atoms with Crippen molar-refractivity contribution in [3.05, 3.63) is 42.2 Å². The van der Waals surface area contributed by atoms with Crippen LogP contribution in [-0.2, 0) is 6.18 Å². The molecule has 0 spiro atoms. The van der Waals surface area contributed by atoms with Crippen molar-refractivity contribution < 1.29 is 23.4 Å². The van der Waals surface area contributed by atoms with Gasteiger partial charge in [-0.2, -0.15) is 13.2 Å². The maximum absolute atomic E-state index is 12.9. The zero-order valence-electron chi connectivity index (χ0n) is 15.3. The van der Waals surface area contributed by atoms with E-state index in [1.807, 2.05) is 0 Å². The highest BCUT2D eigenvalue weighted by atomic mass is 19.4. The van der Waals surface area contributed by atoms with Gasteiger partial charge in [-0.3, -0.25) is 4.98 Å². The van der Waals surface area contributed by atoms with Crippen molar-refractivity contribution in [3.63, 3.8) is 0 Å². The highest BCUT2D eigenvalue weighted by Gasteiger charge is 2.31. The lowest BCUT2D eigenvalue weighted by Crippen LogP contribution is -2.30. The molecule has 1 fully saturated rings. The Morgan fingerprint density at radius 2 is 1.90 bits per heavy atom. The van der Waals surface area contributed by atoms with Crippen LogP contribution in [0.3, 0.4) is 0 Å². The Hall–Kier alpha value is -2.94. The van der Waals surface area contributed by atoms with Gasteiger partial charge in [0.15, 0.2) is 5.82 Å². The Morgan fingerprint density at radius 1 is 1.07 bits per heavy atom. The van der Waals surface area contributed by atoms with Crippen LogP contribution in [0.1, 0.15) is 31.2 Å². The first kappa shape index (κ1) is 19.4. The maximum atomic E-state index is 12.9. The fraction of sp³-hybridized carbons (Fsp3) is 0.350. The Morgan fingerprint density at radius 3 is 2.62 bits per heavy atom. The van der Waals surface area contributed by atoms with Crippen LogP contribution >= 0.6 is 0 Å². The minimum absolute atomic E-state index is 0.0507. The van der Waals surface area contributed by atoms with E-state index in [1.54, 1.807) is 12.3 Å². The van der Waals surface area contributed by atoms with E-state index >= 15 is 0 Å². The van der Waals surface area contributed by atoms with E-state index < -0.39 is 17.5 Å². The second kappa shape index (κ2) is 7.47. The van der Waals surface area contributed by atoms with E-state index in [-0.39, 0.29) is 23.4 Å². The summed E-state index contributed by atoms with van der Waals surface area (Å²) in [7, 11) is 0. The normalized spacial score (nSPS) is 20.0. The van der Waals surface area contributed by atoms with Crippen LogP contribution in [0.5, 0.6) is 5.75 Å². The monoisotopic (exact) mass is 404 g/mol. The van der Waals surface area contributed by atoms with Crippen molar-refractivity contribution in [2.24, 2.45) is 0 Å². The number of alkyl halides is 3. The third-order valence-corrected chi connectivity index (χ3v) is 5.15. The molecule has 0 unspecified atom stereocenters. The standard InChI is InChI=1S/C20H19F3N4O2/c21-20(22,23)11-4-5-15(17(29)8-11)18-16-10-24-7-6-14(16)19(27-26-18)25-12-2-1-3-13(28)9-12/h4-8,10,12-13,28-29H,1-3,9H2,(H,25,27)/t12-,13-/m0/s1. The van der Waals surface area contributed by atoms with Gasteiger partial charge in [-0.15, -0.1) is 10.2 Å². The maximum Gasteiger partial charge on any atom is 0.416 e. The quantitative estimate of drug-likeness (QED) is 0.608.